The first-order valence-corrected chi connectivity index (χ1v) is 12.5. The van der Waals surface area contributed by atoms with E-state index in [1.54, 1.807) is 16.7 Å². The van der Waals surface area contributed by atoms with Crippen LogP contribution in [0.2, 0.25) is 0 Å². The van der Waals surface area contributed by atoms with Crippen LogP contribution in [0.3, 0.4) is 0 Å². The summed E-state index contributed by atoms with van der Waals surface area (Å²) in [6, 6.07) is 16.7. The lowest BCUT2D eigenvalue weighted by atomic mass is 10.0. The van der Waals surface area contributed by atoms with Gasteiger partial charge in [-0.15, -0.1) is 0 Å². The Balaban J connectivity index is 1.41. The number of ether oxygens (including phenoxy) is 1. The van der Waals surface area contributed by atoms with Crippen molar-refractivity contribution >= 4 is 28.9 Å². The predicted octanol–water partition coefficient (Wildman–Crippen LogP) is 3.37. The summed E-state index contributed by atoms with van der Waals surface area (Å²) in [5.41, 5.74) is 2.70. The van der Waals surface area contributed by atoms with Gasteiger partial charge in [0, 0.05) is 32.7 Å². The molecule has 9 heteroatoms. The second-order valence-corrected chi connectivity index (χ2v) is 9.24. The first-order chi connectivity index (χ1) is 17.5. The molecule has 2 aliphatic heterocycles. The molecule has 9 nitrogen and oxygen atoms in total. The SMILES string of the molecule is CCOC(=O)N1CCN(C(=O)C[C@@H]2C(=O)N(Cc3ccccc3)[C@H](C)c3nc4ccccc4n32)CC1. The van der Waals surface area contributed by atoms with Gasteiger partial charge in [-0.05, 0) is 31.5 Å². The number of hydrogen-bond acceptors (Lipinski definition) is 5. The van der Waals surface area contributed by atoms with Gasteiger partial charge in [0.15, 0.2) is 0 Å². The van der Waals surface area contributed by atoms with Crippen LogP contribution in [0.25, 0.3) is 11.0 Å². The molecule has 0 saturated carbocycles. The van der Waals surface area contributed by atoms with Crippen LogP contribution < -0.4 is 0 Å². The topological polar surface area (TPSA) is 88.0 Å². The highest BCUT2D eigenvalue weighted by Crippen LogP contribution is 2.37. The first-order valence-electron chi connectivity index (χ1n) is 12.5. The van der Waals surface area contributed by atoms with Gasteiger partial charge in [0.1, 0.15) is 11.9 Å². The monoisotopic (exact) mass is 489 g/mol. The third-order valence-electron chi connectivity index (χ3n) is 7.07. The Hall–Kier alpha value is -3.88. The van der Waals surface area contributed by atoms with Gasteiger partial charge in [-0.3, -0.25) is 9.59 Å². The zero-order valence-electron chi connectivity index (χ0n) is 20.7. The summed E-state index contributed by atoms with van der Waals surface area (Å²) in [6.07, 6.45) is -0.309. The summed E-state index contributed by atoms with van der Waals surface area (Å²) < 4.78 is 7.03. The number of para-hydroxylation sites is 2. The molecule has 1 fully saturated rings. The van der Waals surface area contributed by atoms with Crippen LogP contribution in [0.4, 0.5) is 4.79 Å². The van der Waals surface area contributed by atoms with Gasteiger partial charge in [0.2, 0.25) is 11.8 Å². The van der Waals surface area contributed by atoms with Gasteiger partial charge in [0.25, 0.3) is 0 Å². The van der Waals surface area contributed by atoms with Crippen molar-refractivity contribution < 1.29 is 19.1 Å². The van der Waals surface area contributed by atoms with Crippen LogP contribution in [-0.4, -0.2) is 74.9 Å². The minimum Gasteiger partial charge on any atom is -0.450 e. The van der Waals surface area contributed by atoms with E-state index in [2.05, 4.69) is 0 Å². The van der Waals surface area contributed by atoms with Crippen LogP contribution in [0.15, 0.2) is 54.6 Å². The van der Waals surface area contributed by atoms with E-state index >= 15 is 0 Å². The molecule has 0 unspecified atom stereocenters. The molecule has 0 N–H and O–H groups in total. The van der Waals surface area contributed by atoms with Crippen LogP contribution in [0.1, 0.15) is 43.7 Å². The van der Waals surface area contributed by atoms with Crippen LogP contribution in [0.5, 0.6) is 0 Å². The number of benzene rings is 2. The molecule has 0 radical (unpaired) electrons. The Bertz CT molecular complexity index is 1270. The Labute approximate surface area is 210 Å². The summed E-state index contributed by atoms with van der Waals surface area (Å²) in [5, 5.41) is 0. The third kappa shape index (κ3) is 4.41. The number of piperazine rings is 1. The standard InChI is InChI=1S/C27H31N5O4/c1-3-36-27(35)30-15-13-29(14-16-30)24(33)17-23-26(34)31(18-20-9-5-4-6-10-20)19(2)25-28-21-11-7-8-12-22(21)32(23)25/h4-12,19,23H,3,13-18H2,1-2H3/t19-,23-/m1/s1. The maximum absolute atomic E-state index is 13.9. The molecular formula is C27H31N5O4. The van der Waals surface area contributed by atoms with Crippen molar-refractivity contribution in [1.29, 1.82) is 0 Å². The first kappa shape index (κ1) is 23.8. The van der Waals surface area contributed by atoms with Gasteiger partial charge in [0.05, 0.1) is 30.1 Å². The lowest BCUT2D eigenvalue weighted by Crippen LogP contribution is -2.52. The van der Waals surface area contributed by atoms with E-state index in [1.165, 1.54) is 0 Å². The Kier molecular flexibility index (Phi) is 6.63. The molecule has 1 aromatic heterocycles. The Morgan fingerprint density at radius 3 is 2.36 bits per heavy atom. The van der Waals surface area contributed by atoms with Gasteiger partial charge in [-0.25, -0.2) is 9.78 Å². The lowest BCUT2D eigenvalue weighted by Gasteiger charge is -2.40. The molecule has 0 spiro atoms. The van der Waals surface area contributed by atoms with Crippen molar-refractivity contribution in [3.8, 4) is 0 Å². The zero-order chi connectivity index (χ0) is 25.2. The summed E-state index contributed by atoms with van der Waals surface area (Å²) in [6.45, 7) is 6.20. The van der Waals surface area contributed by atoms with Crippen molar-refractivity contribution in [3.05, 3.63) is 66.0 Å². The fourth-order valence-electron chi connectivity index (χ4n) is 5.14. The Morgan fingerprint density at radius 1 is 0.972 bits per heavy atom. The molecule has 3 heterocycles. The van der Waals surface area contributed by atoms with E-state index < -0.39 is 6.04 Å². The minimum absolute atomic E-state index is 0.0452. The molecule has 0 bridgehead atoms. The molecule has 3 amide bonds. The fraction of sp³-hybridized carbons (Fsp3) is 0.407. The number of aromatic nitrogens is 2. The zero-order valence-corrected chi connectivity index (χ0v) is 20.7. The highest BCUT2D eigenvalue weighted by atomic mass is 16.6. The predicted molar refractivity (Wildman–Crippen MR) is 134 cm³/mol. The maximum Gasteiger partial charge on any atom is 0.409 e. The number of carbonyl (C=O) groups is 3. The van der Waals surface area contributed by atoms with E-state index in [0.29, 0.717) is 39.3 Å². The molecule has 188 valence electrons. The van der Waals surface area contributed by atoms with E-state index in [0.717, 1.165) is 22.4 Å². The highest BCUT2D eigenvalue weighted by molar-refractivity contribution is 5.91. The summed E-state index contributed by atoms with van der Waals surface area (Å²) >= 11 is 0. The second kappa shape index (κ2) is 10.0. The van der Waals surface area contributed by atoms with Crippen LogP contribution >= 0.6 is 0 Å². The lowest BCUT2D eigenvalue weighted by molar-refractivity contribution is -0.145. The summed E-state index contributed by atoms with van der Waals surface area (Å²) in [5.74, 6) is 0.604. The van der Waals surface area contributed by atoms with Gasteiger partial charge < -0.3 is 24.0 Å². The molecule has 2 atom stereocenters. The minimum atomic E-state index is -0.678. The molecule has 1 saturated heterocycles. The number of carbonyl (C=O) groups excluding carboxylic acids is 3. The summed E-state index contributed by atoms with van der Waals surface area (Å²) in [7, 11) is 0. The van der Waals surface area contributed by atoms with Crippen molar-refractivity contribution in [2.45, 2.75) is 38.9 Å². The molecule has 5 rings (SSSR count). The quantitative estimate of drug-likeness (QED) is 0.548. The third-order valence-corrected chi connectivity index (χ3v) is 7.07. The van der Waals surface area contributed by atoms with Crippen molar-refractivity contribution in [1.82, 2.24) is 24.3 Å². The van der Waals surface area contributed by atoms with E-state index in [1.807, 2.05) is 71.0 Å². The maximum atomic E-state index is 13.9. The number of imidazole rings is 1. The number of nitrogens with zero attached hydrogens (tertiary/aromatic N) is 5. The van der Waals surface area contributed by atoms with Gasteiger partial charge in [-0.1, -0.05) is 42.5 Å². The largest absolute Gasteiger partial charge is 0.450 e. The molecule has 2 aromatic carbocycles. The normalized spacial score (nSPS) is 19.9. The number of fused-ring (bicyclic) bond motifs is 3. The number of rotatable bonds is 5. The average Bonchev–Trinajstić information content (AvgIpc) is 3.29. The molecule has 2 aliphatic rings. The number of hydrogen-bond donors (Lipinski definition) is 0. The fourth-order valence-corrected chi connectivity index (χ4v) is 5.14. The van der Waals surface area contributed by atoms with Crippen molar-refractivity contribution in [3.63, 3.8) is 0 Å². The second-order valence-electron chi connectivity index (χ2n) is 9.24. The van der Waals surface area contributed by atoms with Gasteiger partial charge >= 0.3 is 6.09 Å². The van der Waals surface area contributed by atoms with Gasteiger partial charge in [-0.2, -0.15) is 0 Å². The average molecular weight is 490 g/mol. The van der Waals surface area contributed by atoms with E-state index in [9.17, 15) is 14.4 Å². The summed E-state index contributed by atoms with van der Waals surface area (Å²) in [4.78, 5) is 49.4. The van der Waals surface area contributed by atoms with E-state index in [4.69, 9.17) is 9.72 Å². The van der Waals surface area contributed by atoms with Crippen LogP contribution in [0, 0.1) is 0 Å². The van der Waals surface area contributed by atoms with E-state index in [-0.39, 0.29) is 30.4 Å². The molecular weight excluding hydrogens is 458 g/mol. The smallest absolute Gasteiger partial charge is 0.409 e. The van der Waals surface area contributed by atoms with Crippen molar-refractivity contribution in [2.75, 3.05) is 32.8 Å². The van der Waals surface area contributed by atoms with Crippen LogP contribution in [-0.2, 0) is 20.9 Å². The molecule has 36 heavy (non-hydrogen) atoms. The number of amides is 3. The Morgan fingerprint density at radius 2 is 1.64 bits per heavy atom. The molecule has 0 aliphatic carbocycles. The highest BCUT2D eigenvalue weighted by Gasteiger charge is 2.41. The molecule has 3 aromatic rings. The van der Waals surface area contributed by atoms with Crippen molar-refractivity contribution in [2.24, 2.45) is 0 Å².